The average Bonchev–Trinajstić information content (AvgIpc) is 3.07. The Hall–Kier alpha value is -2.37. The van der Waals surface area contributed by atoms with Gasteiger partial charge in [-0.05, 0) is 18.1 Å². The molecule has 1 aliphatic heterocycles. The van der Waals surface area contributed by atoms with Crippen molar-refractivity contribution in [2.45, 2.75) is 30.9 Å². The molecule has 1 heterocycles. The molecule has 6 heteroatoms. The summed E-state index contributed by atoms with van der Waals surface area (Å²) in [6, 6.07) is 7.52. The summed E-state index contributed by atoms with van der Waals surface area (Å²) >= 11 is 0. The molecular formula is C16H17NO5. The number of carbonyl (C=O) groups excluding carboxylic acids is 2. The molecule has 2 aliphatic rings. The van der Waals surface area contributed by atoms with Gasteiger partial charge in [0.2, 0.25) is 5.54 Å². The molecule has 1 aliphatic carbocycles. The van der Waals surface area contributed by atoms with E-state index in [9.17, 15) is 9.59 Å². The highest BCUT2D eigenvalue weighted by atomic mass is 16.5. The number of esters is 2. The van der Waals surface area contributed by atoms with Crippen LogP contribution in [0.25, 0.3) is 0 Å². The van der Waals surface area contributed by atoms with Crippen LogP contribution in [0.15, 0.2) is 29.3 Å². The number of hydrogen-bond donors (Lipinski definition) is 0. The minimum Gasteiger partial charge on any atom is -0.472 e. The Morgan fingerprint density at radius 3 is 2.73 bits per heavy atom. The number of ether oxygens (including phenoxy) is 3. The molecule has 1 aromatic carbocycles. The lowest BCUT2D eigenvalue weighted by Gasteiger charge is -2.28. The van der Waals surface area contributed by atoms with Gasteiger partial charge in [-0.15, -0.1) is 0 Å². The standard InChI is InChI=1S/C16H17NO5/c1-3-21-15(19)16-12(8-13(18)20-2)10-6-4-5-7-11(10)14(16)22-9-17-16/h4-7,9,12,14H,3,8H2,1-2H3/t12-,14+,16-/m0/s1. The molecule has 0 saturated heterocycles. The zero-order valence-electron chi connectivity index (χ0n) is 12.4. The Morgan fingerprint density at radius 2 is 2.05 bits per heavy atom. The van der Waals surface area contributed by atoms with Crippen molar-refractivity contribution in [3.05, 3.63) is 35.4 Å². The summed E-state index contributed by atoms with van der Waals surface area (Å²) < 4.78 is 15.6. The maximum Gasteiger partial charge on any atom is 0.339 e. The topological polar surface area (TPSA) is 74.2 Å². The number of methoxy groups -OCH3 is 1. The Bertz CT molecular complexity index is 641. The van der Waals surface area contributed by atoms with E-state index in [0.29, 0.717) is 0 Å². The smallest absolute Gasteiger partial charge is 0.339 e. The first kappa shape index (κ1) is 14.6. The van der Waals surface area contributed by atoms with Crippen LogP contribution in [0.3, 0.4) is 0 Å². The second-order valence-electron chi connectivity index (χ2n) is 5.26. The van der Waals surface area contributed by atoms with Gasteiger partial charge < -0.3 is 14.2 Å². The predicted molar refractivity (Wildman–Crippen MR) is 77.5 cm³/mol. The quantitative estimate of drug-likeness (QED) is 0.792. The van der Waals surface area contributed by atoms with Crippen LogP contribution < -0.4 is 0 Å². The lowest BCUT2D eigenvalue weighted by atomic mass is 9.81. The van der Waals surface area contributed by atoms with Gasteiger partial charge >= 0.3 is 11.9 Å². The highest BCUT2D eigenvalue weighted by molar-refractivity contribution is 5.90. The highest BCUT2D eigenvalue weighted by Crippen LogP contribution is 2.56. The summed E-state index contributed by atoms with van der Waals surface area (Å²) in [4.78, 5) is 28.8. The molecule has 0 saturated carbocycles. The third kappa shape index (κ3) is 1.90. The van der Waals surface area contributed by atoms with Crippen LogP contribution in [0.4, 0.5) is 0 Å². The summed E-state index contributed by atoms with van der Waals surface area (Å²) in [5.41, 5.74) is 0.498. The number of aliphatic imine (C=N–C) groups is 1. The monoisotopic (exact) mass is 303 g/mol. The summed E-state index contributed by atoms with van der Waals surface area (Å²) in [5, 5.41) is 0. The van der Waals surface area contributed by atoms with Crippen LogP contribution in [0.5, 0.6) is 0 Å². The molecule has 0 spiro atoms. The second kappa shape index (κ2) is 5.44. The van der Waals surface area contributed by atoms with E-state index in [4.69, 9.17) is 14.2 Å². The molecule has 0 unspecified atom stereocenters. The number of hydrogen-bond acceptors (Lipinski definition) is 6. The van der Waals surface area contributed by atoms with Gasteiger partial charge in [0.15, 0.2) is 12.5 Å². The fraction of sp³-hybridized carbons (Fsp3) is 0.438. The van der Waals surface area contributed by atoms with Gasteiger partial charge in [-0.1, -0.05) is 24.3 Å². The van der Waals surface area contributed by atoms with Crippen molar-refractivity contribution >= 4 is 18.3 Å². The van der Waals surface area contributed by atoms with Gasteiger partial charge in [-0.3, -0.25) is 4.79 Å². The van der Waals surface area contributed by atoms with Crippen LogP contribution in [-0.2, 0) is 23.8 Å². The van der Waals surface area contributed by atoms with E-state index in [1.54, 1.807) is 6.92 Å². The van der Waals surface area contributed by atoms with Gasteiger partial charge in [0.1, 0.15) is 0 Å². The molecule has 0 N–H and O–H groups in total. The largest absolute Gasteiger partial charge is 0.472 e. The third-order valence-electron chi connectivity index (χ3n) is 4.25. The lowest BCUT2D eigenvalue weighted by molar-refractivity contribution is -0.154. The molecule has 116 valence electrons. The molecule has 0 bridgehead atoms. The molecule has 6 nitrogen and oxygen atoms in total. The van der Waals surface area contributed by atoms with Crippen LogP contribution >= 0.6 is 0 Å². The SMILES string of the molecule is CCOC(=O)[C@@]12N=CO[C@@H]1c1ccccc1[C@@H]2CC(=O)OC. The average molecular weight is 303 g/mol. The van der Waals surface area contributed by atoms with Crippen molar-refractivity contribution in [3.8, 4) is 0 Å². The van der Waals surface area contributed by atoms with Crippen molar-refractivity contribution in [2.24, 2.45) is 4.99 Å². The Kier molecular flexibility index (Phi) is 3.60. The summed E-state index contributed by atoms with van der Waals surface area (Å²) in [7, 11) is 1.33. The molecule has 0 radical (unpaired) electrons. The Labute approximate surface area is 128 Å². The number of carbonyl (C=O) groups is 2. The van der Waals surface area contributed by atoms with Gasteiger partial charge in [0.25, 0.3) is 0 Å². The van der Waals surface area contributed by atoms with Gasteiger partial charge in [0, 0.05) is 5.92 Å². The van der Waals surface area contributed by atoms with E-state index in [2.05, 4.69) is 4.99 Å². The van der Waals surface area contributed by atoms with E-state index in [-0.39, 0.29) is 13.0 Å². The van der Waals surface area contributed by atoms with Gasteiger partial charge in [0.05, 0.1) is 20.1 Å². The minimum atomic E-state index is -1.24. The van der Waals surface area contributed by atoms with Crippen molar-refractivity contribution in [1.29, 1.82) is 0 Å². The first-order valence-electron chi connectivity index (χ1n) is 7.17. The predicted octanol–water partition coefficient (Wildman–Crippen LogP) is 1.75. The number of nitrogens with zero attached hydrogens (tertiary/aromatic N) is 1. The van der Waals surface area contributed by atoms with Crippen LogP contribution in [0.1, 0.15) is 36.5 Å². The first-order valence-corrected chi connectivity index (χ1v) is 7.17. The van der Waals surface area contributed by atoms with Crippen molar-refractivity contribution in [3.63, 3.8) is 0 Å². The fourth-order valence-corrected chi connectivity index (χ4v) is 3.30. The van der Waals surface area contributed by atoms with E-state index in [1.807, 2.05) is 24.3 Å². The lowest BCUT2D eigenvalue weighted by Crippen LogP contribution is -2.44. The zero-order valence-corrected chi connectivity index (χ0v) is 12.4. The van der Waals surface area contributed by atoms with Crippen molar-refractivity contribution in [1.82, 2.24) is 0 Å². The molecule has 0 amide bonds. The number of fused-ring (bicyclic) bond motifs is 3. The van der Waals surface area contributed by atoms with E-state index >= 15 is 0 Å². The molecular weight excluding hydrogens is 286 g/mol. The van der Waals surface area contributed by atoms with E-state index < -0.39 is 29.5 Å². The van der Waals surface area contributed by atoms with E-state index in [0.717, 1.165) is 11.1 Å². The zero-order chi connectivity index (χ0) is 15.7. The van der Waals surface area contributed by atoms with Crippen LogP contribution in [0, 0.1) is 0 Å². The maximum absolute atomic E-state index is 12.6. The molecule has 0 aromatic heterocycles. The molecule has 3 rings (SSSR count). The normalized spacial score (nSPS) is 27.7. The Morgan fingerprint density at radius 1 is 1.32 bits per heavy atom. The molecule has 1 aromatic rings. The summed E-state index contributed by atoms with van der Waals surface area (Å²) in [5.74, 6) is -1.33. The van der Waals surface area contributed by atoms with Crippen molar-refractivity contribution in [2.75, 3.05) is 13.7 Å². The molecule has 0 fully saturated rings. The van der Waals surface area contributed by atoms with Crippen molar-refractivity contribution < 1.29 is 23.8 Å². The van der Waals surface area contributed by atoms with Crippen LogP contribution in [0.2, 0.25) is 0 Å². The highest BCUT2D eigenvalue weighted by Gasteiger charge is 2.63. The first-order chi connectivity index (χ1) is 10.6. The van der Waals surface area contributed by atoms with Gasteiger partial charge in [-0.25, -0.2) is 9.79 Å². The molecule has 22 heavy (non-hydrogen) atoms. The number of benzene rings is 1. The van der Waals surface area contributed by atoms with E-state index in [1.165, 1.54) is 13.5 Å². The second-order valence-corrected chi connectivity index (χ2v) is 5.26. The number of rotatable bonds is 4. The fourth-order valence-electron chi connectivity index (χ4n) is 3.30. The van der Waals surface area contributed by atoms with Crippen LogP contribution in [-0.4, -0.2) is 37.6 Å². The minimum absolute atomic E-state index is 0.0452. The summed E-state index contributed by atoms with van der Waals surface area (Å²) in [6.07, 6.45) is 0.767. The maximum atomic E-state index is 12.6. The Balaban J connectivity index is 2.10. The molecule has 3 atom stereocenters. The van der Waals surface area contributed by atoms with Gasteiger partial charge in [-0.2, -0.15) is 0 Å². The summed E-state index contributed by atoms with van der Waals surface area (Å²) in [6.45, 7) is 1.98. The third-order valence-corrected chi connectivity index (χ3v) is 4.25.